The molecule has 0 aliphatic heterocycles. The maximum Gasteiger partial charge on any atom is 0.252 e. The zero-order valence-electron chi connectivity index (χ0n) is 18.6. The van der Waals surface area contributed by atoms with Crippen molar-refractivity contribution in [1.82, 2.24) is 20.1 Å². The first-order valence-corrected chi connectivity index (χ1v) is 11.3. The molecule has 0 saturated carbocycles. The Hall–Kier alpha value is -3.39. The molecule has 0 aliphatic carbocycles. The minimum absolute atomic E-state index is 0.136. The van der Waals surface area contributed by atoms with Crippen molar-refractivity contribution in [1.29, 1.82) is 0 Å². The highest BCUT2D eigenvalue weighted by Gasteiger charge is 2.19. The summed E-state index contributed by atoms with van der Waals surface area (Å²) in [4.78, 5) is 19.0. The third-order valence-corrected chi connectivity index (χ3v) is 6.14. The molecule has 1 N–H and O–H groups in total. The summed E-state index contributed by atoms with van der Waals surface area (Å²) in [7, 11) is 3.25. The number of nitrogens with one attached hydrogen (secondary N) is 1. The Balaban J connectivity index is 1.59. The van der Waals surface area contributed by atoms with Crippen LogP contribution in [-0.4, -0.2) is 41.4 Å². The summed E-state index contributed by atoms with van der Waals surface area (Å²) in [6.07, 6.45) is 2.36. The largest absolute Gasteiger partial charge is 0.497 e. The molecule has 1 aromatic carbocycles. The van der Waals surface area contributed by atoms with Crippen molar-refractivity contribution in [3.05, 3.63) is 59.1 Å². The fourth-order valence-electron chi connectivity index (χ4n) is 3.60. The molecule has 4 rings (SSSR count). The first kappa shape index (κ1) is 21.8. The van der Waals surface area contributed by atoms with Gasteiger partial charge >= 0.3 is 0 Å². The molecule has 0 atom stereocenters. The summed E-state index contributed by atoms with van der Waals surface area (Å²) >= 11 is 1.60. The van der Waals surface area contributed by atoms with E-state index < -0.39 is 0 Å². The van der Waals surface area contributed by atoms with Crippen molar-refractivity contribution in [3.8, 4) is 22.1 Å². The van der Waals surface area contributed by atoms with Crippen molar-refractivity contribution >= 4 is 28.3 Å². The number of pyridine rings is 1. The van der Waals surface area contributed by atoms with Crippen LogP contribution in [0.3, 0.4) is 0 Å². The zero-order valence-corrected chi connectivity index (χ0v) is 19.4. The topological polar surface area (TPSA) is 78.3 Å². The molecule has 3 heterocycles. The van der Waals surface area contributed by atoms with Gasteiger partial charge in [-0.05, 0) is 49.4 Å². The highest BCUT2D eigenvalue weighted by molar-refractivity contribution is 7.13. The molecular formula is C24H26N4O3S. The van der Waals surface area contributed by atoms with Crippen LogP contribution in [0, 0.1) is 0 Å². The van der Waals surface area contributed by atoms with E-state index in [2.05, 4.69) is 10.4 Å². The standard InChI is InChI=1S/C24H26N4O3S/c1-15(2)28-23-19(14-26-28)18(13-20(27-23)22-6-5-11-32-22)24(29)25-10-9-16-7-8-17(30-3)12-21(16)31-4/h5-8,11-15H,9-10H2,1-4H3,(H,25,29). The number of hydrogen-bond acceptors (Lipinski definition) is 6. The average Bonchev–Trinajstić information content (AvgIpc) is 3.48. The van der Waals surface area contributed by atoms with Crippen LogP contribution in [0.5, 0.6) is 11.5 Å². The molecule has 4 aromatic rings. The maximum atomic E-state index is 13.2. The van der Waals surface area contributed by atoms with Gasteiger partial charge in [0.05, 0.1) is 41.9 Å². The molecule has 1 amide bonds. The van der Waals surface area contributed by atoms with Gasteiger partial charge in [-0.2, -0.15) is 5.10 Å². The number of aromatic nitrogens is 3. The first-order chi connectivity index (χ1) is 15.5. The SMILES string of the molecule is COc1ccc(CCNC(=O)c2cc(-c3cccs3)nc3c2cnn3C(C)C)c(OC)c1. The Kier molecular flexibility index (Phi) is 6.41. The molecule has 0 radical (unpaired) electrons. The highest BCUT2D eigenvalue weighted by Crippen LogP contribution is 2.29. The van der Waals surface area contributed by atoms with Gasteiger partial charge in [-0.25, -0.2) is 9.67 Å². The van der Waals surface area contributed by atoms with Gasteiger partial charge in [0, 0.05) is 18.7 Å². The summed E-state index contributed by atoms with van der Waals surface area (Å²) in [5, 5.41) is 10.3. The number of amides is 1. The number of nitrogens with zero attached hydrogens (tertiary/aromatic N) is 3. The fourth-order valence-corrected chi connectivity index (χ4v) is 4.28. The molecule has 8 heteroatoms. The van der Waals surface area contributed by atoms with Gasteiger partial charge < -0.3 is 14.8 Å². The molecule has 166 valence electrons. The third kappa shape index (κ3) is 4.31. The predicted molar refractivity (Wildman–Crippen MR) is 127 cm³/mol. The van der Waals surface area contributed by atoms with E-state index in [0.29, 0.717) is 24.2 Å². The molecule has 7 nitrogen and oxygen atoms in total. The lowest BCUT2D eigenvalue weighted by atomic mass is 10.1. The van der Waals surface area contributed by atoms with E-state index in [9.17, 15) is 4.79 Å². The third-order valence-electron chi connectivity index (χ3n) is 5.25. The first-order valence-electron chi connectivity index (χ1n) is 10.4. The lowest BCUT2D eigenvalue weighted by molar-refractivity contribution is 0.0955. The lowest BCUT2D eigenvalue weighted by Crippen LogP contribution is -2.26. The number of carbonyl (C=O) groups excluding carboxylic acids is 1. The van der Waals surface area contributed by atoms with Crippen molar-refractivity contribution in [2.45, 2.75) is 26.3 Å². The van der Waals surface area contributed by atoms with Crippen LogP contribution in [0.2, 0.25) is 0 Å². The van der Waals surface area contributed by atoms with Gasteiger partial charge in [0.1, 0.15) is 11.5 Å². The van der Waals surface area contributed by atoms with E-state index >= 15 is 0 Å². The fraction of sp³-hybridized carbons (Fsp3) is 0.292. The van der Waals surface area contributed by atoms with Gasteiger partial charge in [0.15, 0.2) is 5.65 Å². The summed E-state index contributed by atoms with van der Waals surface area (Å²) in [6.45, 7) is 4.57. The van der Waals surface area contributed by atoms with E-state index in [4.69, 9.17) is 14.5 Å². The number of thiophene rings is 1. The smallest absolute Gasteiger partial charge is 0.252 e. The summed E-state index contributed by atoms with van der Waals surface area (Å²) < 4.78 is 12.6. The van der Waals surface area contributed by atoms with Crippen LogP contribution in [-0.2, 0) is 6.42 Å². The minimum Gasteiger partial charge on any atom is -0.497 e. The Bertz CT molecular complexity index is 1230. The monoisotopic (exact) mass is 450 g/mol. The molecule has 0 aliphatic rings. The summed E-state index contributed by atoms with van der Waals surface area (Å²) in [5.41, 5.74) is 3.07. The van der Waals surface area contributed by atoms with Crippen LogP contribution >= 0.6 is 11.3 Å². The number of hydrogen-bond donors (Lipinski definition) is 1. The molecule has 0 spiro atoms. The molecule has 0 fully saturated rings. The van der Waals surface area contributed by atoms with Crippen LogP contribution in [0.15, 0.2) is 48.0 Å². The van der Waals surface area contributed by atoms with Gasteiger partial charge in [0.2, 0.25) is 0 Å². The molecule has 0 unspecified atom stereocenters. The number of fused-ring (bicyclic) bond motifs is 1. The second kappa shape index (κ2) is 9.40. The van der Waals surface area contributed by atoms with E-state index in [1.165, 1.54) is 0 Å². The zero-order chi connectivity index (χ0) is 22.7. The van der Waals surface area contributed by atoms with E-state index in [1.807, 2.05) is 60.3 Å². The van der Waals surface area contributed by atoms with Gasteiger partial charge in [-0.1, -0.05) is 12.1 Å². The molecule has 0 bridgehead atoms. The Morgan fingerprint density at radius 3 is 2.72 bits per heavy atom. The number of benzene rings is 1. The number of carbonyl (C=O) groups is 1. The number of rotatable bonds is 8. The van der Waals surface area contributed by atoms with E-state index in [0.717, 1.165) is 33.0 Å². The van der Waals surface area contributed by atoms with Crippen LogP contribution in [0.4, 0.5) is 0 Å². The molecule has 32 heavy (non-hydrogen) atoms. The summed E-state index contributed by atoms with van der Waals surface area (Å²) in [5.74, 6) is 1.33. The molecular weight excluding hydrogens is 424 g/mol. The van der Waals surface area contributed by atoms with Gasteiger partial charge in [0.25, 0.3) is 5.91 Å². The van der Waals surface area contributed by atoms with E-state index in [-0.39, 0.29) is 11.9 Å². The quantitative estimate of drug-likeness (QED) is 0.420. The normalized spacial score (nSPS) is 11.2. The number of methoxy groups -OCH3 is 2. The van der Waals surface area contributed by atoms with Gasteiger partial charge in [-0.3, -0.25) is 4.79 Å². The Morgan fingerprint density at radius 1 is 1.19 bits per heavy atom. The lowest BCUT2D eigenvalue weighted by Gasteiger charge is -2.12. The summed E-state index contributed by atoms with van der Waals surface area (Å²) in [6, 6.07) is 11.7. The van der Waals surface area contributed by atoms with Crippen molar-refractivity contribution in [2.24, 2.45) is 0 Å². The number of ether oxygens (including phenoxy) is 2. The average molecular weight is 451 g/mol. The highest BCUT2D eigenvalue weighted by atomic mass is 32.1. The molecule has 0 saturated heterocycles. The van der Waals surface area contributed by atoms with Crippen LogP contribution in [0.25, 0.3) is 21.6 Å². The van der Waals surface area contributed by atoms with Crippen molar-refractivity contribution in [2.75, 3.05) is 20.8 Å². The van der Waals surface area contributed by atoms with Crippen molar-refractivity contribution in [3.63, 3.8) is 0 Å². The predicted octanol–water partition coefficient (Wildman–Crippen LogP) is 4.73. The van der Waals surface area contributed by atoms with Crippen LogP contribution < -0.4 is 14.8 Å². The molecule has 3 aromatic heterocycles. The van der Waals surface area contributed by atoms with Crippen LogP contribution in [0.1, 0.15) is 35.8 Å². The minimum atomic E-state index is -0.147. The Morgan fingerprint density at radius 2 is 2.03 bits per heavy atom. The second-order valence-corrected chi connectivity index (χ2v) is 8.58. The maximum absolute atomic E-state index is 13.2. The van der Waals surface area contributed by atoms with Crippen molar-refractivity contribution < 1.29 is 14.3 Å². The second-order valence-electron chi connectivity index (χ2n) is 7.64. The van der Waals surface area contributed by atoms with Gasteiger partial charge in [-0.15, -0.1) is 11.3 Å². The Labute approximate surface area is 191 Å². The van der Waals surface area contributed by atoms with E-state index in [1.54, 1.807) is 31.8 Å².